The van der Waals surface area contributed by atoms with E-state index < -0.39 is 11.5 Å². The summed E-state index contributed by atoms with van der Waals surface area (Å²) >= 11 is 1.35. The van der Waals surface area contributed by atoms with Crippen LogP contribution < -0.4 is 5.32 Å². The van der Waals surface area contributed by atoms with E-state index in [1.807, 2.05) is 30.3 Å². The van der Waals surface area contributed by atoms with Crippen LogP contribution in [0, 0.1) is 12.8 Å². The lowest BCUT2D eigenvalue weighted by atomic mass is 9.77. The number of carboxylic acids is 1. The molecule has 1 aromatic heterocycles. The van der Waals surface area contributed by atoms with Crippen LogP contribution in [0.4, 0.5) is 0 Å². The Balaban J connectivity index is 1.76. The van der Waals surface area contributed by atoms with Crippen LogP contribution in [0.5, 0.6) is 0 Å². The lowest BCUT2D eigenvalue weighted by Gasteiger charge is -2.36. The van der Waals surface area contributed by atoms with Gasteiger partial charge in [0.05, 0.1) is 10.7 Å². The lowest BCUT2D eigenvalue weighted by molar-refractivity contribution is -0.146. The summed E-state index contributed by atoms with van der Waals surface area (Å²) in [5.41, 5.74) is 0.638. The molecule has 0 unspecified atom stereocenters. The first-order chi connectivity index (χ1) is 12.4. The highest BCUT2D eigenvalue weighted by Crippen LogP contribution is 2.33. The summed E-state index contributed by atoms with van der Waals surface area (Å²) in [6, 6.07) is 9.97. The second-order valence-corrected chi connectivity index (χ2v) is 8.29. The average molecular weight is 372 g/mol. The third-order valence-electron chi connectivity index (χ3n) is 5.14. The normalized spacial score (nSPS) is 22.8. The van der Waals surface area contributed by atoms with E-state index in [0.29, 0.717) is 35.8 Å². The standard InChI is InChI=1S/C20H24N2O3S/c1-13-8-10-20(11-9-13,19(24)25)22-18(23)17-14(2)21-16(26-17)12-15-6-4-3-5-7-15/h3-7,13H,8-12H2,1-2H3,(H,22,23)(H,24,25). The third-order valence-corrected chi connectivity index (χ3v) is 6.29. The summed E-state index contributed by atoms with van der Waals surface area (Å²) in [4.78, 5) is 29.7. The first-order valence-corrected chi connectivity index (χ1v) is 9.77. The Kier molecular flexibility index (Phi) is 5.41. The zero-order valence-electron chi connectivity index (χ0n) is 15.1. The highest BCUT2D eigenvalue weighted by molar-refractivity contribution is 7.13. The molecule has 0 aliphatic heterocycles. The summed E-state index contributed by atoms with van der Waals surface area (Å²) in [7, 11) is 0. The molecule has 0 spiro atoms. The first kappa shape index (κ1) is 18.6. The van der Waals surface area contributed by atoms with Crippen molar-refractivity contribution in [1.29, 1.82) is 0 Å². The Morgan fingerprint density at radius 2 is 1.92 bits per heavy atom. The number of hydrogen-bond donors (Lipinski definition) is 2. The Labute approximate surface area is 157 Å². The van der Waals surface area contributed by atoms with E-state index in [0.717, 1.165) is 23.4 Å². The summed E-state index contributed by atoms with van der Waals surface area (Å²) in [5, 5.41) is 13.4. The maximum atomic E-state index is 12.8. The molecule has 0 saturated heterocycles. The molecule has 0 radical (unpaired) electrons. The molecule has 1 heterocycles. The van der Waals surface area contributed by atoms with Gasteiger partial charge < -0.3 is 10.4 Å². The maximum absolute atomic E-state index is 12.8. The number of thiazole rings is 1. The van der Waals surface area contributed by atoms with Crippen LogP contribution in [0.25, 0.3) is 0 Å². The van der Waals surface area contributed by atoms with Crippen molar-refractivity contribution in [2.75, 3.05) is 0 Å². The fourth-order valence-electron chi connectivity index (χ4n) is 3.43. The van der Waals surface area contributed by atoms with Crippen molar-refractivity contribution in [2.24, 2.45) is 5.92 Å². The van der Waals surface area contributed by atoms with Crippen molar-refractivity contribution in [3.63, 3.8) is 0 Å². The Hall–Kier alpha value is -2.21. The molecule has 2 aromatic rings. The molecule has 0 bridgehead atoms. The molecule has 1 aliphatic rings. The minimum atomic E-state index is -1.15. The van der Waals surface area contributed by atoms with Gasteiger partial charge in [0.2, 0.25) is 0 Å². The van der Waals surface area contributed by atoms with Gasteiger partial charge in [-0.3, -0.25) is 4.79 Å². The lowest BCUT2D eigenvalue weighted by Crippen LogP contribution is -2.56. The monoisotopic (exact) mass is 372 g/mol. The second-order valence-electron chi connectivity index (χ2n) is 7.21. The number of nitrogens with zero attached hydrogens (tertiary/aromatic N) is 1. The summed E-state index contributed by atoms with van der Waals surface area (Å²) in [6.07, 6.45) is 3.25. The Bertz CT molecular complexity index is 793. The van der Waals surface area contributed by atoms with Crippen LogP contribution in [0.1, 0.15) is 58.5 Å². The van der Waals surface area contributed by atoms with Gasteiger partial charge in [-0.1, -0.05) is 37.3 Å². The first-order valence-electron chi connectivity index (χ1n) is 8.96. The van der Waals surface area contributed by atoms with Gasteiger partial charge in [0.15, 0.2) is 0 Å². The van der Waals surface area contributed by atoms with Crippen LogP contribution in [0.3, 0.4) is 0 Å². The molecule has 26 heavy (non-hydrogen) atoms. The van der Waals surface area contributed by atoms with Gasteiger partial charge in [0.1, 0.15) is 10.4 Å². The number of aliphatic carboxylic acids is 1. The number of carbonyl (C=O) groups is 2. The molecule has 1 saturated carbocycles. The summed E-state index contributed by atoms with van der Waals surface area (Å²) in [6.45, 7) is 3.92. The van der Waals surface area contributed by atoms with E-state index in [4.69, 9.17) is 0 Å². The summed E-state index contributed by atoms with van der Waals surface area (Å²) in [5.74, 6) is -0.761. The molecule has 3 rings (SSSR count). The molecule has 1 amide bonds. The zero-order valence-corrected chi connectivity index (χ0v) is 15.9. The van der Waals surface area contributed by atoms with Gasteiger partial charge in [-0.05, 0) is 44.1 Å². The van der Waals surface area contributed by atoms with E-state index in [1.54, 1.807) is 6.92 Å². The van der Waals surface area contributed by atoms with Crippen molar-refractivity contribution in [3.8, 4) is 0 Å². The topological polar surface area (TPSA) is 79.3 Å². The number of carboxylic acid groups (broad SMARTS) is 1. The number of rotatable bonds is 5. The highest BCUT2D eigenvalue weighted by atomic mass is 32.1. The minimum absolute atomic E-state index is 0.323. The van der Waals surface area contributed by atoms with E-state index in [9.17, 15) is 14.7 Å². The molecular formula is C20H24N2O3S. The van der Waals surface area contributed by atoms with E-state index in [2.05, 4.69) is 17.2 Å². The molecule has 6 heteroatoms. The molecule has 0 atom stereocenters. The van der Waals surface area contributed by atoms with Crippen LogP contribution >= 0.6 is 11.3 Å². The summed E-state index contributed by atoms with van der Waals surface area (Å²) < 4.78 is 0. The molecule has 1 aliphatic carbocycles. The van der Waals surface area contributed by atoms with E-state index in [1.165, 1.54) is 11.3 Å². The predicted molar refractivity (Wildman–Crippen MR) is 102 cm³/mol. The molecule has 1 aromatic carbocycles. The van der Waals surface area contributed by atoms with Crippen molar-refractivity contribution in [2.45, 2.75) is 51.5 Å². The SMILES string of the molecule is Cc1nc(Cc2ccccc2)sc1C(=O)NC1(C(=O)O)CCC(C)CC1. The number of hydrogen-bond acceptors (Lipinski definition) is 4. The third kappa shape index (κ3) is 3.96. The Morgan fingerprint density at radius 3 is 2.54 bits per heavy atom. The number of amides is 1. The smallest absolute Gasteiger partial charge is 0.329 e. The second kappa shape index (κ2) is 7.58. The largest absolute Gasteiger partial charge is 0.480 e. The van der Waals surface area contributed by atoms with Gasteiger partial charge in [-0.15, -0.1) is 11.3 Å². The molecular weight excluding hydrogens is 348 g/mol. The van der Waals surface area contributed by atoms with Crippen molar-refractivity contribution in [1.82, 2.24) is 10.3 Å². The highest BCUT2D eigenvalue weighted by Gasteiger charge is 2.43. The molecule has 5 nitrogen and oxygen atoms in total. The number of carbonyl (C=O) groups excluding carboxylic acids is 1. The van der Waals surface area contributed by atoms with Gasteiger partial charge in [0, 0.05) is 6.42 Å². The van der Waals surface area contributed by atoms with Crippen molar-refractivity contribution >= 4 is 23.2 Å². The van der Waals surface area contributed by atoms with Crippen LogP contribution in [0.2, 0.25) is 0 Å². The van der Waals surface area contributed by atoms with E-state index in [-0.39, 0.29) is 5.91 Å². The number of nitrogens with one attached hydrogen (secondary N) is 1. The molecule has 1 fully saturated rings. The quantitative estimate of drug-likeness (QED) is 0.836. The number of aromatic nitrogens is 1. The Morgan fingerprint density at radius 1 is 1.27 bits per heavy atom. The fraction of sp³-hybridized carbons (Fsp3) is 0.450. The number of aryl methyl sites for hydroxylation is 1. The van der Waals surface area contributed by atoms with Gasteiger partial charge in [-0.2, -0.15) is 0 Å². The van der Waals surface area contributed by atoms with Crippen molar-refractivity contribution < 1.29 is 14.7 Å². The van der Waals surface area contributed by atoms with Crippen molar-refractivity contribution in [3.05, 3.63) is 51.5 Å². The molecule has 2 N–H and O–H groups in total. The minimum Gasteiger partial charge on any atom is -0.480 e. The van der Waals surface area contributed by atoms with Gasteiger partial charge in [0.25, 0.3) is 5.91 Å². The van der Waals surface area contributed by atoms with E-state index >= 15 is 0 Å². The fourth-order valence-corrected chi connectivity index (χ4v) is 4.42. The predicted octanol–water partition coefficient (Wildman–Crippen LogP) is 3.81. The van der Waals surface area contributed by atoms with Crippen LogP contribution in [-0.2, 0) is 11.2 Å². The molecule has 138 valence electrons. The van der Waals surface area contributed by atoms with Crippen LogP contribution in [0.15, 0.2) is 30.3 Å². The zero-order chi connectivity index (χ0) is 18.7. The maximum Gasteiger partial charge on any atom is 0.329 e. The van der Waals surface area contributed by atoms with Gasteiger partial charge >= 0.3 is 5.97 Å². The number of benzene rings is 1. The van der Waals surface area contributed by atoms with Gasteiger partial charge in [-0.25, -0.2) is 9.78 Å². The average Bonchev–Trinajstić information content (AvgIpc) is 2.98. The van der Waals surface area contributed by atoms with Crippen LogP contribution in [-0.4, -0.2) is 27.5 Å².